The number of primary amides is 1. The van der Waals surface area contributed by atoms with Gasteiger partial charge < -0.3 is 20.9 Å². The summed E-state index contributed by atoms with van der Waals surface area (Å²) in [5.41, 5.74) is 10.9. The van der Waals surface area contributed by atoms with Gasteiger partial charge >= 0.3 is 11.9 Å². The summed E-state index contributed by atoms with van der Waals surface area (Å²) < 4.78 is 11.0. The average Bonchev–Trinajstić information content (AvgIpc) is 2.89. The van der Waals surface area contributed by atoms with Crippen molar-refractivity contribution < 1.29 is 23.9 Å². The molecule has 1 amide bonds. The molecule has 0 aromatic rings. The third-order valence-corrected chi connectivity index (χ3v) is 7.87. The Morgan fingerprint density at radius 3 is 1.50 bits per heavy atom. The van der Waals surface area contributed by atoms with Crippen LogP contribution in [0.3, 0.4) is 0 Å². The number of esters is 2. The minimum atomic E-state index is -0.757. The highest BCUT2D eigenvalue weighted by Crippen LogP contribution is 2.14. The van der Waals surface area contributed by atoms with Gasteiger partial charge in [0.25, 0.3) is 0 Å². The summed E-state index contributed by atoms with van der Waals surface area (Å²) in [4.78, 5) is 35.8. The quantitative estimate of drug-likeness (QED) is 0.0797. The largest absolute Gasteiger partial charge is 0.462 e. The minimum absolute atomic E-state index is 0.0264. The highest BCUT2D eigenvalue weighted by Gasteiger charge is 2.19. The fourth-order valence-electron chi connectivity index (χ4n) is 4.19. The molecule has 4 N–H and O–H groups in total. The maximum absolute atomic E-state index is 12.4. The highest BCUT2D eigenvalue weighted by molar-refractivity contribution is 7.99. The number of thioether (sulfide) groups is 1. The van der Waals surface area contributed by atoms with E-state index in [0.29, 0.717) is 24.3 Å². The maximum atomic E-state index is 12.4. The van der Waals surface area contributed by atoms with Crippen LogP contribution in [0.25, 0.3) is 0 Å². The molecule has 0 rings (SSSR count). The zero-order chi connectivity index (χ0) is 28.3. The van der Waals surface area contributed by atoms with Crippen LogP contribution in [0.2, 0.25) is 0 Å². The van der Waals surface area contributed by atoms with E-state index in [1.807, 2.05) is 0 Å². The lowest BCUT2D eigenvalue weighted by molar-refractivity contribution is -0.157. The summed E-state index contributed by atoms with van der Waals surface area (Å²) >= 11 is 1.37. The Balaban J connectivity index is 4.20. The molecule has 0 aliphatic carbocycles. The van der Waals surface area contributed by atoms with Crippen molar-refractivity contribution >= 4 is 29.6 Å². The van der Waals surface area contributed by atoms with Gasteiger partial charge in [-0.25, -0.2) is 0 Å². The van der Waals surface area contributed by atoms with E-state index >= 15 is 0 Å². The van der Waals surface area contributed by atoms with E-state index in [1.165, 1.54) is 88.8 Å². The second-order valence-corrected chi connectivity index (χ2v) is 11.6. The normalized spacial score (nSPS) is 12.7. The molecular formula is C30H58N2O5S. The van der Waals surface area contributed by atoms with Crippen LogP contribution in [0.1, 0.15) is 142 Å². The molecular weight excluding hydrogens is 500 g/mol. The van der Waals surface area contributed by atoms with Crippen LogP contribution in [0.5, 0.6) is 0 Å². The van der Waals surface area contributed by atoms with E-state index in [9.17, 15) is 14.4 Å². The zero-order valence-corrected chi connectivity index (χ0v) is 25.3. The summed E-state index contributed by atoms with van der Waals surface area (Å²) in [6, 6.07) is -0.757. The first kappa shape index (κ1) is 36.7. The Morgan fingerprint density at radius 2 is 1.05 bits per heavy atom. The smallest absolute Gasteiger partial charge is 0.306 e. The zero-order valence-electron chi connectivity index (χ0n) is 24.5. The fourth-order valence-corrected chi connectivity index (χ4v) is 5.17. The van der Waals surface area contributed by atoms with Crippen LogP contribution < -0.4 is 11.5 Å². The second kappa shape index (κ2) is 27.3. The molecule has 2 atom stereocenters. The van der Waals surface area contributed by atoms with E-state index in [2.05, 4.69) is 13.8 Å². The molecule has 8 heteroatoms. The molecule has 0 aromatic heterocycles. The van der Waals surface area contributed by atoms with Crippen molar-refractivity contribution in [1.82, 2.24) is 0 Å². The van der Waals surface area contributed by atoms with Gasteiger partial charge in [0.1, 0.15) is 12.7 Å². The highest BCUT2D eigenvalue weighted by atomic mass is 32.2. The molecule has 0 radical (unpaired) electrons. The number of ether oxygens (including phenoxy) is 2. The van der Waals surface area contributed by atoms with Gasteiger partial charge in [0.05, 0.1) is 6.04 Å². The molecule has 0 aliphatic heterocycles. The van der Waals surface area contributed by atoms with Crippen LogP contribution in [0, 0.1) is 0 Å². The van der Waals surface area contributed by atoms with Crippen molar-refractivity contribution in [1.29, 1.82) is 0 Å². The lowest BCUT2D eigenvalue weighted by Gasteiger charge is -2.18. The molecule has 0 heterocycles. The number of unbranched alkanes of at least 4 members (excludes halogenated alkanes) is 16. The molecule has 0 aliphatic rings. The maximum Gasteiger partial charge on any atom is 0.306 e. The number of hydrogen-bond acceptors (Lipinski definition) is 7. The minimum Gasteiger partial charge on any atom is -0.462 e. The number of carbonyl (C=O) groups is 3. The van der Waals surface area contributed by atoms with Crippen molar-refractivity contribution in [2.24, 2.45) is 11.5 Å². The first-order valence-electron chi connectivity index (χ1n) is 15.4. The van der Waals surface area contributed by atoms with Crippen molar-refractivity contribution in [2.45, 2.75) is 154 Å². The van der Waals surface area contributed by atoms with Crippen molar-refractivity contribution in [3.63, 3.8) is 0 Å². The summed E-state index contributed by atoms with van der Waals surface area (Å²) in [7, 11) is 0. The van der Waals surface area contributed by atoms with Gasteiger partial charge in [-0.2, -0.15) is 11.8 Å². The first-order valence-corrected chi connectivity index (χ1v) is 16.5. The van der Waals surface area contributed by atoms with Gasteiger partial charge in [0.2, 0.25) is 5.91 Å². The second-order valence-electron chi connectivity index (χ2n) is 10.5. The van der Waals surface area contributed by atoms with Crippen LogP contribution in [-0.2, 0) is 23.9 Å². The van der Waals surface area contributed by atoms with Crippen LogP contribution in [-0.4, -0.2) is 48.1 Å². The first-order chi connectivity index (χ1) is 18.4. The van der Waals surface area contributed by atoms with Gasteiger partial charge in [0, 0.05) is 24.3 Å². The van der Waals surface area contributed by atoms with Gasteiger partial charge in [-0.05, 0) is 12.8 Å². The predicted molar refractivity (Wildman–Crippen MR) is 159 cm³/mol. The topological polar surface area (TPSA) is 122 Å². The van der Waals surface area contributed by atoms with E-state index < -0.39 is 18.1 Å². The molecule has 0 saturated carbocycles. The van der Waals surface area contributed by atoms with Crippen LogP contribution >= 0.6 is 11.8 Å². The molecule has 0 aromatic carbocycles. The fraction of sp³-hybridized carbons (Fsp3) is 0.900. The van der Waals surface area contributed by atoms with E-state index in [4.69, 9.17) is 20.9 Å². The van der Waals surface area contributed by atoms with Crippen molar-refractivity contribution in [3.8, 4) is 0 Å². The molecule has 7 nitrogen and oxygen atoms in total. The van der Waals surface area contributed by atoms with Crippen molar-refractivity contribution in [3.05, 3.63) is 0 Å². The number of rotatable bonds is 28. The van der Waals surface area contributed by atoms with E-state index in [0.717, 1.165) is 38.5 Å². The Morgan fingerprint density at radius 1 is 0.632 bits per heavy atom. The van der Waals surface area contributed by atoms with E-state index in [-0.39, 0.29) is 18.5 Å². The van der Waals surface area contributed by atoms with Crippen LogP contribution in [0.4, 0.5) is 0 Å². The van der Waals surface area contributed by atoms with Gasteiger partial charge in [-0.3, -0.25) is 14.4 Å². The number of hydrogen-bond donors (Lipinski definition) is 2. The molecule has 0 saturated heterocycles. The summed E-state index contributed by atoms with van der Waals surface area (Å²) in [5, 5.41) is 0. The monoisotopic (exact) mass is 558 g/mol. The SMILES string of the molecule is CCCCCCCCCCCC(=O)OC[C@H](CSC[C@H](N)C(N)=O)OC(=O)CCCCCCCCCCC. The lowest BCUT2D eigenvalue weighted by atomic mass is 10.1. The Labute approximate surface area is 237 Å². The summed E-state index contributed by atoms with van der Waals surface area (Å²) in [5.74, 6) is -0.368. The lowest BCUT2D eigenvalue weighted by Crippen LogP contribution is -2.39. The molecule has 224 valence electrons. The number of nitrogens with two attached hydrogens (primary N) is 2. The predicted octanol–water partition coefficient (Wildman–Crippen LogP) is 6.83. The van der Waals surface area contributed by atoms with Crippen molar-refractivity contribution in [2.75, 3.05) is 18.1 Å². The van der Waals surface area contributed by atoms with Gasteiger partial charge in [0.15, 0.2) is 0 Å². The summed E-state index contributed by atoms with van der Waals surface area (Å²) in [6.07, 6.45) is 21.5. The third kappa shape index (κ3) is 25.0. The molecule has 38 heavy (non-hydrogen) atoms. The molecule has 0 unspecified atom stereocenters. The average molecular weight is 559 g/mol. The number of carbonyl (C=O) groups excluding carboxylic acids is 3. The van der Waals surface area contributed by atoms with Gasteiger partial charge in [-0.15, -0.1) is 0 Å². The molecule has 0 spiro atoms. The molecule has 0 bridgehead atoms. The van der Waals surface area contributed by atoms with E-state index in [1.54, 1.807) is 0 Å². The van der Waals surface area contributed by atoms with Gasteiger partial charge in [-0.1, -0.05) is 117 Å². The Hall–Kier alpha value is -1.28. The summed E-state index contributed by atoms with van der Waals surface area (Å²) in [6.45, 7) is 4.47. The third-order valence-electron chi connectivity index (χ3n) is 6.66. The Bertz CT molecular complexity index is 591. The molecule has 0 fully saturated rings. The Kier molecular flexibility index (Phi) is 26.4. The van der Waals surface area contributed by atoms with Crippen LogP contribution in [0.15, 0.2) is 0 Å². The standard InChI is InChI=1S/C30H58N2O5S/c1-3-5-7-9-11-13-15-17-19-21-28(33)36-23-26(24-38-25-27(31)30(32)35)37-29(34)22-20-18-16-14-12-10-8-6-4-2/h26-27H,3-25,31H2,1-2H3,(H2,32,35)/t26-,27+/m1/s1. The number of amides is 1.